The van der Waals surface area contributed by atoms with Gasteiger partial charge in [-0.3, -0.25) is 0 Å². The van der Waals surface area contributed by atoms with E-state index in [0.29, 0.717) is 6.54 Å². The minimum atomic E-state index is 0.196. The zero-order valence-electron chi connectivity index (χ0n) is 7.40. The summed E-state index contributed by atoms with van der Waals surface area (Å²) in [6.07, 6.45) is 0. The maximum Gasteiger partial charge on any atom is 0.153 e. The van der Waals surface area contributed by atoms with Gasteiger partial charge in [-0.25, -0.2) is 0 Å². The molecule has 0 aromatic carbocycles. The van der Waals surface area contributed by atoms with Crippen molar-refractivity contribution < 1.29 is 5.21 Å². The molecule has 0 aliphatic carbocycles. The van der Waals surface area contributed by atoms with Gasteiger partial charge in [0.25, 0.3) is 0 Å². The fourth-order valence-corrected chi connectivity index (χ4v) is 1.69. The average molecular weight is 199 g/mol. The van der Waals surface area contributed by atoms with Gasteiger partial charge < -0.3 is 16.3 Å². The molecule has 4 nitrogen and oxygen atoms in total. The quantitative estimate of drug-likeness (QED) is 0.295. The molecular weight excluding hydrogens is 186 g/mol. The van der Waals surface area contributed by atoms with Crippen LogP contribution in [0.3, 0.4) is 0 Å². The van der Waals surface area contributed by atoms with Gasteiger partial charge in [-0.2, -0.15) is 11.3 Å². The molecule has 0 saturated heterocycles. The number of amidine groups is 1. The summed E-state index contributed by atoms with van der Waals surface area (Å²) in [6, 6.07) is 2.28. The fraction of sp³-hybridized carbons (Fsp3) is 0.375. The summed E-state index contributed by atoms with van der Waals surface area (Å²) in [6.45, 7) is 2.43. The molecule has 0 bridgehead atoms. The van der Waals surface area contributed by atoms with Gasteiger partial charge in [-0.1, -0.05) is 5.16 Å². The predicted molar refractivity (Wildman–Crippen MR) is 54.1 cm³/mol. The van der Waals surface area contributed by atoms with Crippen molar-refractivity contribution in [3.8, 4) is 0 Å². The first-order chi connectivity index (χ1) is 6.24. The molecule has 0 aliphatic rings. The van der Waals surface area contributed by atoms with Gasteiger partial charge >= 0.3 is 0 Å². The van der Waals surface area contributed by atoms with Crippen molar-refractivity contribution in [3.63, 3.8) is 0 Å². The Bertz CT molecular complexity index is 271. The molecule has 1 atom stereocenters. The summed E-state index contributed by atoms with van der Waals surface area (Å²) in [5.41, 5.74) is 6.53. The number of rotatable bonds is 4. The Morgan fingerprint density at radius 2 is 2.62 bits per heavy atom. The van der Waals surface area contributed by atoms with Crippen LogP contribution < -0.4 is 11.1 Å². The highest BCUT2D eigenvalue weighted by molar-refractivity contribution is 7.07. The van der Waals surface area contributed by atoms with Crippen LogP contribution in [0.5, 0.6) is 0 Å². The second kappa shape index (κ2) is 4.84. The summed E-state index contributed by atoms with van der Waals surface area (Å²) in [5, 5.41) is 18.4. The Morgan fingerprint density at radius 3 is 3.15 bits per heavy atom. The Kier molecular flexibility index (Phi) is 3.72. The highest BCUT2D eigenvalue weighted by atomic mass is 32.1. The molecule has 0 amide bonds. The summed E-state index contributed by atoms with van der Waals surface area (Å²) < 4.78 is 0. The number of thiophene rings is 1. The molecule has 1 heterocycles. The molecular formula is C8H13N3OS. The standard InChI is InChI=1S/C8H13N3OS/c1-6(7-2-3-13-5-7)10-4-8(9)11-12/h2-3,5-6,10,12H,4H2,1H3,(H2,9,11). The Morgan fingerprint density at radius 1 is 1.85 bits per heavy atom. The van der Waals surface area contributed by atoms with E-state index < -0.39 is 0 Å². The van der Waals surface area contributed by atoms with Crippen LogP contribution in [0.2, 0.25) is 0 Å². The van der Waals surface area contributed by atoms with Crippen molar-refractivity contribution in [1.29, 1.82) is 0 Å². The summed E-state index contributed by atoms with van der Waals surface area (Å²) in [4.78, 5) is 0. The maximum absolute atomic E-state index is 8.30. The number of nitrogens with two attached hydrogens (primary N) is 1. The lowest BCUT2D eigenvalue weighted by Gasteiger charge is -2.10. The molecule has 0 radical (unpaired) electrons. The first-order valence-electron chi connectivity index (χ1n) is 3.96. The van der Waals surface area contributed by atoms with Crippen LogP contribution >= 0.6 is 11.3 Å². The molecule has 0 fully saturated rings. The van der Waals surface area contributed by atoms with Crippen molar-refractivity contribution >= 4 is 17.2 Å². The summed E-state index contributed by atoms with van der Waals surface area (Å²) in [7, 11) is 0. The molecule has 0 aliphatic heterocycles. The SMILES string of the molecule is CC(NCC(N)=NO)c1ccsc1. The largest absolute Gasteiger partial charge is 0.409 e. The number of hydrogen-bond acceptors (Lipinski definition) is 4. The Hall–Kier alpha value is -1.07. The van der Waals surface area contributed by atoms with Gasteiger partial charge in [0.2, 0.25) is 0 Å². The van der Waals surface area contributed by atoms with Crippen molar-refractivity contribution in [2.45, 2.75) is 13.0 Å². The Labute approximate surface area is 81.1 Å². The van der Waals surface area contributed by atoms with Crippen LogP contribution in [-0.4, -0.2) is 17.6 Å². The molecule has 1 aromatic heterocycles. The van der Waals surface area contributed by atoms with E-state index in [-0.39, 0.29) is 11.9 Å². The fourth-order valence-electron chi connectivity index (χ4n) is 0.932. The number of nitrogens with zero attached hydrogens (tertiary/aromatic N) is 1. The molecule has 1 aromatic rings. The first kappa shape index (κ1) is 10.0. The van der Waals surface area contributed by atoms with E-state index in [1.165, 1.54) is 5.56 Å². The summed E-state index contributed by atoms with van der Waals surface area (Å²) in [5.74, 6) is 0.196. The minimum Gasteiger partial charge on any atom is -0.409 e. The van der Waals surface area contributed by atoms with E-state index in [4.69, 9.17) is 10.9 Å². The van der Waals surface area contributed by atoms with Gasteiger partial charge in [0.05, 0.1) is 6.54 Å². The van der Waals surface area contributed by atoms with Crippen LogP contribution in [0.25, 0.3) is 0 Å². The predicted octanol–water partition coefficient (Wildman–Crippen LogP) is 1.15. The van der Waals surface area contributed by atoms with E-state index in [1.54, 1.807) is 11.3 Å². The van der Waals surface area contributed by atoms with E-state index in [1.807, 2.05) is 12.3 Å². The lowest BCUT2D eigenvalue weighted by atomic mass is 10.2. The van der Waals surface area contributed by atoms with E-state index in [9.17, 15) is 0 Å². The smallest absolute Gasteiger partial charge is 0.153 e. The minimum absolute atomic E-state index is 0.196. The topological polar surface area (TPSA) is 70.6 Å². The van der Waals surface area contributed by atoms with Gasteiger partial charge in [-0.15, -0.1) is 0 Å². The number of nitrogens with one attached hydrogen (secondary N) is 1. The van der Waals surface area contributed by atoms with Gasteiger partial charge in [-0.05, 0) is 29.3 Å². The van der Waals surface area contributed by atoms with Crippen LogP contribution in [0.4, 0.5) is 0 Å². The van der Waals surface area contributed by atoms with Crippen molar-refractivity contribution in [2.24, 2.45) is 10.9 Å². The molecule has 0 saturated carbocycles. The van der Waals surface area contributed by atoms with Crippen molar-refractivity contribution in [2.75, 3.05) is 6.54 Å². The Balaban J connectivity index is 2.38. The van der Waals surface area contributed by atoms with E-state index in [2.05, 4.69) is 21.9 Å². The molecule has 1 rings (SSSR count). The van der Waals surface area contributed by atoms with Gasteiger partial charge in [0.1, 0.15) is 0 Å². The zero-order valence-corrected chi connectivity index (χ0v) is 8.21. The normalized spacial score (nSPS) is 14.4. The molecule has 13 heavy (non-hydrogen) atoms. The van der Waals surface area contributed by atoms with E-state index >= 15 is 0 Å². The molecule has 4 N–H and O–H groups in total. The third-order valence-corrected chi connectivity index (χ3v) is 2.46. The first-order valence-corrected chi connectivity index (χ1v) is 4.90. The van der Waals surface area contributed by atoms with E-state index in [0.717, 1.165) is 0 Å². The van der Waals surface area contributed by atoms with Crippen LogP contribution in [-0.2, 0) is 0 Å². The molecule has 72 valence electrons. The lowest BCUT2D eigenvalue weighted by Crippen LogP contribution is -2.30. The number of hydrogen-bond donors (Lipinski definition) is 3. The van der Waals surface area contributed by atoms with Crippen molar-refractivity contribution in [1.82, 2.24) is 5.32 Å². The molecule has 1 unspecified atom stereocenters. The van der Waals surface area contributed by atoms with Gasteiger partial charge in [0.15, 0.2) is 5.84 Å². The zero-order chi connectivity index (χ0) is 9.68. The highest BCUT2D eigenvalue weighted by Crippen LogP contribution is 2.14. The number of oxime groups is 1. The third-order valence-electron chi connectivity index (χ3n) is 1.76. The third kappa shape index (κ3) is 3.04. The highest BCUT2D eigenvalue weighted by Gasteiger charge is 2.04. The van der Waals surface area contributed by atoms with Crippen LogP contribution in [0.1, 0.15) is 18.5 Å². The maximum atomic E-state index is 8.30. The average Bonchev–Trinajstić information content (AvgIpc) is 2.66. The summed E-state index contributed by atoms with van der Waals surface area (Å²) >= 11 is 1.66. The monoisotopic (exact) mass is 199 g/mol. The van der Waals surface area contributed by atoms with Gasteiger partial charge in [0, 0.05) is 6.04 Å². The molecule has 0 spiro atoms. The second-order valence-electron chi connectivity index (χ2n) is 2.75. The molecule has 5 heteroatoms. The van der Waals surface area contributed by atoms with Crippen LogP contribution in [0.15, 0.2) is 22.0 Å². The van der Waals surface area contributed by atoms with Crippen molar-refractivity contribution in [3.05, 3.63) is 22.4 Å². The van der Waals surface area contributed by atoms with Crippen LogP contribution in [0, 0.1) is 0 Å². The lowest BCUT2D eigenvalue weighted by molar-refractivity contribution is 0.316. The second-order valence-corrected chi connectivity index (χ2v) is 3.53.